The fourth-order valence-electron chi connectivity index (χ4n) is 3.78. The van der Waals surface area contributed by atoms with Crippen molar-refractivity contribution in [2.75, 3.05) is 43.5 Å². The second-order valence-electron chi connectivity index (χ2n) is 9.40. The van der Waals surface area contributed by atoms with Gasteiger partial charge in [0.15, 0.2) is 0 Å². The Hall–Kier alpha value is -4.26. The number of unbranched alkanes of at least 4 members (excludes halogenated alkanes) is 1. The lowest BCUT2D eigenvalue weighted by Crippen LogP contribution is -2.29. The van der Waals surface area contributed by atoms with Gasteiger partial charge in [-0.15, -0.1) is 0 Å². The molecule has 2 aromatic rings. The zero-order valence-electron chi connectivity index (χ0n) is 24.2. The summed E-state index contributed by atoms with van der Waals surface area (Å²) in [6, 6.07) is 14.6. The van der Waals surface area contributed by atoms with Crippen LogP contribution in [0.25, 0.3) is 0 Å². The minimum Gasteiger partial charge on any atom is -0.459 e. The molecule has 0 amide bonds. The minimum atomic E-state index is -0.366. The Kier molecular flexibility index (Phi) is 14.6. The number of ether oxygens (including phenoxy) is 1. The highest BCUT2D eigenvalue weighted by Gasteiger charge is 2.28. The lowest BCUT2D eigenvalue weighted by Gasteiger charge is -2.26. The molecule has 3 N–H and O–H groups in total. The van der Waals surface area contributed by atoms with E-state index in [0.717, 1.165) is 49.8 Å². The Bertz CT molecular complexity index is 1240. The van der Waals surface area contributed by atoms with Crippen LogP contribution in [0.4, 0.5) is 11.4 Å². The number of carbonyl (C=O) groups excluding carboxylic acids is 2. The Morgan fingerprint density at radius 2 is 1.98 bits per heavy atom. The first-order valence-electron chi connectivity index (χ1n) is 13.9. The molecule has 1 fully saturated rings. The van der Waals surface area contributed by atoms with E-state index in [1.165, 1.54) is 0 Å². The van der Waals surface area contributed by atoms with Crippen LogP contribution in [0.1, 0.15) is 65.8 Å². The maximum atomic E-state index is 13.0. The van der Waals surface area contributed by atoms with E-state index in [1.54, 1.807) is 25.2 Å². The Morgan fingerprint density at radius 1 is 1.24 bits per heavy atom. The van der Waals surface area contributed by atoms with Crippen LogP contribution in [-0.2, 0) is 4.74 Å². The molecule has 1 saturated carbocycles. The number of rotatable bonds is 15. The lowest BCUT2D eigenvalue weighted by atomic mass is 10.1. The Morgan fingerprint density at radius 3 is 2.51 bits per heavy atom. The zero-order valence-corrected chi connectivity index (χ0v) is 24.2. The monoisotopic (exact) mass is 559 g/mol. The van der Waals surface area contributed by atoms with Crippen LogP contribution in [0.15, 0.2) is 72.0 Å². The normalized spacial score (nSPS) is 12.6. The Balaban J connectivity index is 0.00000108. The quantitative estimate of drug-likeness (QED) is 0.119. The number of aliphatic imine (C=N–C) groups is 1. The van der Waals surface area contributed by atoms with Crippen LogP contribution < -0.4 is 15.5 Å². The van der Waals surface area contributed by atoms with Crippen molar-refractivity contribution in [2.45, 2.75) is 45.6 Å². The molecule has 0 aliphatic heterocycles. The number of hydrogen-bond donors (Lipinski definition) is 3. The number of aliphatic hydroxyl groups is 1. The maximum Gasteiger partial charge on any atom is 0.340 e. The molecule has 1 aliphatic carbocycles. The van der Waals surface area contributed by atoms with Crippen LogP contribution in [0, 0.1) is 11.3 Å². The second kappa shape index (κ2) is 18.2. The van der Waals surface area contributed by atoms with Crippen molar-refractivity contribution in [3.05, 3.63) is 83.7 Å². The van der Waals surface area contributed by atoms with Crippen molar-refractivity contribution in [1.82, 2.24) is 5.32 Å². The van der Waals surface area contributed by atoms with E-state index in [1.807, 2.05) is 54.3 Å². The summed E-state index contributed by atoms with van der Waals surface area (Å²) in [5, 5.41) is 23.2. The minimum absolute atomic E-state index is 0.00605. The highest BCUT2D eigenvalue weighted by Crippen LogP contribution is 2.30. The number of carbonyl (C=O) groups is 2. The maximum absolute atomic E-state index is 13.0. The fourth-order valence-corrected chi connectivity index (χ4v) is 3.78. The van der Waals surface area contributed by atoms with E-state index in [9.17, 15) is 14.7 Å². The molecule has 3 rings (SSSR count). The molecule has 0 unspecified atom stereocenters. The topological polar surface area (TPSA) is 127 Å². The van der Waals surface area contributed by atoms with E-state index in [2.05, 4.69) is 29.1 Å². The summed E-state index contributed by atoms with van der Waals surface area (Å²) in [5.74, 6) is 0.0320. The third kappa shape index (κ3) is 11.4. The second-order valence-corrected chi connectivity index (χ2v) is 9.40. The number of nitrogens with zero attached hydrogens (tertiary/aromatic N) is 3. The molecule has 0 heterocycles. The first-order chi connectivity index (χ1) is 19.9. The molecule has 9 heteroatoms. The average molecular weight is 560 g/mol. The van der Waals surface area contributed by atoms with Crippen LogP contribution >= 0.6 is 0 Å². The summed E-state index contributed by atoms with van der Waals surface area (Å²) in [4.78, 5) is 30.6. The number of benzene rings is 2. The summed E-state index contributed by atoms with van der Waals surface area (Å²) in [6.07, 6.45) is 8.27. The predicted octanol–water partition coefficient (Wildman–Crippen LogP) is 5.09. The van der Waals surface area contributed by atoms with Gasteiger partial charge < -0.3 is 25.4 Å². The molecule has 1 aliphatic rings. The van der Waals surface area contributed by atoms with Gasteiger partial charge in [0.2, 0.25) is 0 Å². The molecule has 0 aromatic heterocycles. The van der Waals surface area contributed by atoms with E-state index in [-0.39, 0.29) is 18.7 Å². The Labute approximate surface area is 243 Å². The number of aldehydes is 1. The molecular weight excluding hydrogens is 518 g/mol. The van der Waals surface area contributed by atoms with E-state index in [4.69, 9.17) is 10.00 Å². The first kappa shape index (κ1) is 32.9. The smallest absolute Gasteiger partial charge is 0.340 e. The molecule has 0 atom stereocenters. The van der Waals surface area contributed by atoms with E-state index >= 15 is 0 Å². The van der Waals surface area contributed by atoms with Gasteiger partial charge in [-0.05, 0) is 57.5 Å². The van der Waals surface area contributed by atoms with Crippen molar-refractivity contribution < 1.29 is 19.4 Å². The van der Waals surface area contributed by atoms with Crippen molar-refractivity contribution >= 4 is 29.3 Å². The molecule has 9 nitrogen and oxygen atoms in total. The largest absolute Gasteiger partial charge is 0.459 e. The number of allylic oxidation sites excluding steroid dienone is 2. The highest BCUT2D eigenvalue weighted by atomic mass is 16.5. The molecule has 0 saturated heterocycles. The number of esters is 1. The van der Waals surface area contributed by atoms with Crippen LogP contribution in [0.3, 0.4) is 0 Å². The predicted molar refractivity (Wildman–Crippen MR) is 165 cm³/mol. The van der Waals surface area contributed by atoms with Gasteiger partial charge in [0.25, 0.3) is 0 Å². The summed E-state index contributed by atoms with van der Waals surface area (Å²) in [6.45, 7) is 9.66. The first-order valence-corrected chi connectivity index (χ1v) is 13.9. The SMILES string of the molecule is C=C(/N=C(\C=C/C)c1ccc(C=O)cc1)Nc1ccc(N(CCO)CCCC)c(C(=O)OC2CC2)c1.CNCC#N. The van der Waals surface area contributed by atoms with Gasteiger partial charge in [-0.1, -0.05) is 50.3 Å². The van der Waals surface area contributed by atoms with E-state index < -0.39 is 0 Å². The van der Waals surface area contributed by atoms with Crippen molar-refractivity contribution in [1.29, 1.82) is 5.26 Å². The van der Waals surface area contributed by atoms with Crippen LogP contribution in [0.5, 0.6) is 0 Å². The number of aliphatic hydroxyl groups excluding tert-OH is 1. The zero-order chi connectivity index (χ0) is 30.0. The molecule has 0 bridgehead atoms. The summed E-state index contributed by atoms with van der Waals surface area (Å²) < 4.78 is 5.61. The summed E-state index contributed by atoms with van der Waals surface area (Å²) in [7, 11) is 1.74. The average Bonchev–Trinajstić information content (AvgIpc) is 3.80. The van der Waals surface area contributed by atoms with Gasteiger partial charge in [0.1, 0.15) is 18.2 Å². The molecule has 218 valence electrons. The van der Waals surface area contributed by atoms with Gasteiger partial charge in [0.05, 0.1) is 36.2 Å². The van der Waals surface area contributed by atoms with Crippen molar-refractivity contribution in [3.8, 4) is 6.07 Å². The molecule has 2 aromatic carbocycles. The number of anilines is 2. The third-order valence-corrected chi connectivity index (χ3v) is 5.97. The van der Waals surface area contributed by atoms with Gasteiger partial charge in [-0.3, -0.25) is 4.79 Å². The molecule has 0 spiro atoms. The summed E-state index contributed by atoms with van der Waals surface area (Å²) in [5.41, 5.74) is 3.98. The van der Waals surface area contributed by atoms with E-state index in [0.29, 0.717) is 41.4 Å². The molecule has 0 radical (unpaired) electrons. The molecular formula is C32H41N5O4. The summed E-state index contributed by atoms with van der Waals surface area (Å²) >= 11 is 0. The van der Waals surface area contributed by atoms with Gasteiger partial charge in [-0.25, -0.2) is 9.79 Å². The standard InChI is InChI=1S/C29H35N3O4.C3H6N2/c1-4-6-16-32(17-18-33)28-15-12-24(19-26(28)29(35)36-25-13-14-25)30-21(3)31-27(7-5-2)23-10-8-22(20-34)9-11-23;1-5-3-2-4/h5,7-12,15,19-20,25,30,33H,3-4,6,13-14,16-18H2,1-2H3;5H,3H2,1H3/b7-5-,31-27+;. The number of nitriles is 1. The third-order valence-electron chi connectivity index (χ3n) is 5.97. The molecule has 41 heavy (non-hydrogen) atoms. The highest BCUT2D eigenvalue weighted by molar-refractivity contribution is 6.09. The number of nitrogens with one attached hydrogen (secondary N) is 2. The van der Waals surface area contributed by atoms with Crippen LogP contribution in [-0.4, -0.2) is 62.5 Å². The lowest BCUT2D eigenvalue weighted by molar-refractivity contribution is 0.0473. The van der Waals surface area contributed by atoms with Gasteiger partial charge in [0, 0.05) is 29.9 Å². The van der Waals surface area contributed by atoms with Crippen LogP contribution in [0.2, 0.25) is 0 Å². The van der Waals surface area contributed by atoms with Crippen molar-refractivity contribution in [3.63, 3.8) is 0 Å². The number of hydrogen-bond acceptors (Lipinski definition) is 9. The van der Waals surface area contributed by atoms with Crippen molar-refractivity contribution in [2.24, 2.45) is 4.99 Å². The van der Waals surface area contributed by atoms with Gasteiger partial charge in [-0.2, -0.15) is 5.26 Å². The fraction of sp³-hybridized carbons (Fsp3) is 0.375. The van der Waals surface area contributed by atoms with Gasteiger partial charge >= 0.3 is 5.97 Å².